The summed E-state index contributed by atoms with van der Waals surface area (Å²) in [6.07, 6.45) is -12.8. The van der Waals surface area contributed by atoms with Crippen molar-refractivity contribution in [2.45, 2.75) is 37.6 Å². The maximum absolute atomic E-state index is 13.0. The van der Waals surface area contributed by atoms with E-state index in [4.69, 9.17) is 17.3 Å². The second-order valence-corrected chi connectivity index (χ2v) is 8.40. The lowest BCUT2D eigenvalue weighted by Gasteiger charge is -2.17. The first-order valence-corrected chi connectivity index (χ1v) is 10.9. The van der Waals surface area contributed by atoms with Crippen molar-refractivity contribution in [2.24, 2.45) is 5.73 Å². The summed E-state index contributed by atoms with van der Waals surface area (Å²) in [4.78, 5) is 37.4. The van der Waals surface area contributed by atoms with Crippen LogP contribution in [-0.4, -0.2) is 43.5 Å². The molecule has 0 aliphatic heterocycles. The van der Waals surface area contributed by atoms with E-state index in [1.807, 2.05) is 0 Å². The molecule has 3 aromatic rings. The van der Waals surface area contributed by atoms with E-state index >= 15 is 0 Å². The van der Waals surface area contributed by atoms with Crippen LogP contribution in [0.4, 0.5) is 26.3 Å². The molecule has 3 rings (SSSR count). The molecule has 0 saturated heterocycles. The van der Waals surface area contributed by atoms with Gasteiger partial charge in [0.2, 0.25) is 11.8 Å². The van der Waals surface area contributed by atoms with Crippen LogP contribution in [0, 0.1) is 0 Å². The molecule has 38 heavy (non-hydrogen) atoms. The van der Waals surface area contributed by atoms with Gasteiger partial charge in [0.1, 0.15) is 12.6 Å². The molecule has 16 heteroatoms. The van der Waals surface area contributed by atoms with Crippen LogP contribution < -0.4 is 16.7 Å². The van der Waals surface area contributed by atoms with E-state index in [2.05, 4.69) is 10.4 Å². The highest BCUT2D eigenvalue weighted by Gasteiger charge is 2.39. The molecule has 0 spiro atoms. The van der Waals surface area contributed by atoms with Crippen LogP contribution in [0.1, 0.15) is 17.2 Å². The first-order chi connectivity index (χ1) is 17.6. The molecular weight excluding hydrogens is 548 g/mol. The number of alkyl halides is 6. The van der Waals surface area contributed by atoms with Gasteiger partial charge < -0.3 is 16.2 Å². The zero-order valence-corrected chi connectivity index (χ0v) is 19.7. The molecule has 1 heterocycles. The maximum atomic E-state index is 13.0. The Labute approximate surface area is 214 Å². The number of nitrogens with zero attached hydrogens (tertiary/aromatic N) is 3. The molecule has 2 aromatic carbocycles. The average Bonchev–Trinajstić information content (AvgIpc) is 3.11. The predicted octanol–water partition coefficient (Wildman–Crippen LogP) is 2.65. The van der Waals surface area contributed by atoms with Gasteiger partial charge in [-0.25, -0.2) is 9.48 Å². The third-order valence-corrected chi connectivity index (χ3v) is 5.44. The van der Waals surface area contributed by atoms with E-state index in [1.54, 1.807) is 0 Å². The van der Waals surface area contributed by atoms with Gasteiger partial charge in [-0.1, -0.05) is 23.7 Å². The standard InChI is InChI=1S/C22H18ClF6N5O4/c23-14-6-4-11(5-7-14)19-32-34(20(38)33(19)9-15(35)22(27,28)29)10-16(36)31-17(18(30)37)12-2-1-3-13(8-12)21(24,25)26/h1-8,15,17,35H,9-10H2,(H2,30,37)(H,31,36). The fraction of sp³-hybridized carbons (Fsp3) is 0.273. The molecule has 4 N–H and O–H groups in total. The molecule has 1 aromatic heterocycles. The minimum absolute atomic E-state index is 0.124. The van der Waals surface area contributed by atoms with Crippen molar-refractivity contribution >= 4 is 23.4 Å². The molecule has 2 unspecified atom stereocenters. The van der Waals surface area contributed by atoms with Gasteiger partial charge in [0.25, 0.3) is 0 Å². The van der Waals surface area contributed by atoms with Crippen LogP contribution in [0.5, 0.6) is 0 Å². The van der Waals surface area contributed by atoms with Gasteiger partial charge in [-0.3, -0.25) is 14.2 Å². The highest BCUT2D eigenvalue weighted by molar-refractivity contribution is 6.30. The number of amides is 2. The average molecular weight is 566 g/mol. The molecule has 2 amide bonds. The van der Waals surface area contributed by atoms with Crippen molar-refractivity contribution in [3.05, 3.63) is 75.2 Å². The van der Waals surface area contributed by atoms with Crippen molar-refractivity contribution in [1.29, 1.82) is 0 Å². The van der Waals surface area contributed by atoms with Gasteiger partial charge in [0.05, 0.1) is 12.1 Å². The summed E-state index contributed by atoms with van der Waals surface area (Å²) in [6.45, 7) is -2.20. The number of nitrogens with two attached hydrogens (primary N) is 1. The Morgan fingerprint density at radius 2 is 1.71 bits per heavy atom. The number of primary amides is 1. The highest BCUT2D eigenvalue weighted by atomic mass is 35.5. The number of rotatable bonds is 8. The van der Waals surface area contributed by atoms with Crippen molar-refractivity contribution in [1.82, 2.24) is 19.7 Å². The summed E-state index contributed by atoms with van der Waals surface area (Å²) in [7, 11) is 0. The number of carbonyl (C=O) groups excluding carboxylic acids is 2. The number of aliphatic hydroxyl groups excluding tert-OH is 1. The smallest absolute Gasteiger partial charge is 0.382 e. The Kier molecular flexibility index (Phi) is 8.21. The quantitative estimate of drug-likeness (QED) is 0.361. The second kappa shape index (κ2) is 10.9. The lowest BCUT2D eigenvalue weighted by molar-refractivity contribution is -0.207. The van der Waals surface area contributed by atoms with E-state index in [0.29, 0.717) is 15.3 Å². The Hall–Kier alpha value is -3.85. The molecule has 0 radical (unpaired) electrons. The van der Waals surface area contributed by atoms with Crippen LogP contribution in [0.3, 0.4) is 0 Å². The van der Waals surface area contributed by atoms with Crippen LogP contribution >= 0.6 is 11.6 Å². The topological polar surface area (TPSA) is 132 Å². The van der Waals surface area contributed by atoms with E-state index in [-0.39, 0.29) is 22.0 Å². The van der Waals surface area contributed by atoms with Crippen molar-refractivity contribution < 1.29 is 41.0 Å². The molecule has 204 valence electrons. The normalized spacial score (nSPS) is 13.7. The summed E-state index contributed by atoms with van der Waals surface area (Å²) >= 11 is 5.81. The maximum Gasteiger partial charge on any atom is 0.416 e. The lowest BCUT2D eigenvalue weighted by atomic mass is 10.0. The van der Waals surface area contributed by atoms with E-state index in [0.717, 1.165) is 18.2 Å². The SMILES string of the molecule is NC(=O)C(NC(=O)Cn1nc(-c2ccc(Cl)cc2)n(CC(O)C(F)(F)F)c1=O)c1cccc(C(F)(F)F)c1. The summed E-state index contributed by atoms with van der Waals surface area (Å²) in [5, 5.41) is 15.7. The summed E-state index contributed by atoms with van der Waals surface area (Å²) in [5.41, 5.74) is 2.74. The molecule has 0 aliphatic rings. The Morgan fingerprint density at radius 3 is 2.26 bits per heavy atom. The molecule has 0 fully saturated rings. The van der Waals surface area contributed by atoms with Gasteiger partial charge in [0, 0.05) is 10.6 Å². The van der Waals surface area contributed by atoms with E-state index in [9.17, 15) is 45.8 Å². The zero-order chi connectivity index (χ0) is 28.4. The summed E-state index contributed by atoms with van der Waals surface area (Å²) in [5.74, 6) is -2.67. The largest absolute Gasteiger partial charge is 0.416 e. The number of benzene rings is 2. The summed E-state index contributed by atoms with van der Waals surface area (Å²) < 4.78 is 79.0. The molecule has 0 aliphatic carbocycles. The van der Waals surface area contributed by atoms with Crippen LogP contribution in [0.15, 0.2) is 53.3 Å². The van der Waals surface area contributed by atoms with Gasteiger partial charge in [-0.15, -0.1) is 5.10 Å². The number of hydrogen-bond acceptors (Lipinski definition) is 5. The zero-order valence-electron chi connectivity index (χ0n) is 18.9. The van der Waals surface area contributed by atoms with Crippen molar-refractivity contribution in [2.75, 3.05) is 0 Å². The highest BCUT2D eigenvalue weighted by Crippen LogP contribution is 2.31. The minimum atomic E-state index is -5.07. The van der Waals surface area contributed by atoms with Crippen molar-refractivity contribution in [3.8, 4) is 11.4 Å². The number of nitrogens with one attached hydrogen (secondary N) is 1. The first kappa shape index (κ1) is 28.7. The molecule has 0 bridgehead atoms. The number of carbonyl (C=O) groups is 2. The fourth-order valence-electron chi connectivity index (χ4n) is 3.35. The van der Waals surface area contributed by atoms with Gasteiger partial charge in [-0.2, -0.15) is 26.3 Å². The number of aliphatic hydroxyl groups is 1. The van der Waals surface area contributed by atoms with Crippen molar-refractivity contribution in [3.63, 3.8) is 0 Å². The molecule has 0 saturated carbocycles. The monoisotopic (exact) mass is 565 g/mol. The van der Waals surface area contributed by atoms with Crippen LogP contribution in [0.25, 0.3) is 11.4 Å². The first-order valence-electron chi connectivity index (χ1n) is 10.5. The molecule has 2 atom stereocenters. The van der Waals surface area contributed by atoms with Gasteiger partial charge in [0.15, 0.2) is 11.9 Å². The number of hydrogen-bond donors (Lipinski definition) is 3. The lowest BCUT2D eigenvalue weighted by Crippen LogP contribution is -2.41. The predicted molar refractivity (Wildman–Crippen MR) is 121 cm³/mol. The Morgan fingerprint density at radius 1 is 1.08 bits per heavy atom. The number of aromatic nitrogens is 3. The van der Waals surface area contributed by atoms with Crippen LogP contribution in [0.2, 0.25) is 5.02 Å². The fourth-order valence-corrected chi connectivity index (χ4v) is 3.48. The molecular formula is C22H18ClF6N5O4. The third kappa shape index (κ3) is 6.72. The summed E-state index contributed by atoms with van der Waals surface area (Å²) in [6, 6.07) is 7.12. The van der Waals surface area contributed by atoms with Crippen LogP contribution in [-0.2, 0) is 28.9 Å². The minimum Gasteiger partial charge on any atom is -0.382 e. The third-order valence-electron chi connectivity index (χ3n) is 5.19. The Bertz CT molecular complexity index is 1380. The second-order valence-electron chi connectivity index (χ2n) is 7.96. The van der Waals surface area contributed by atoms with Gasteiger partial charge in [-0.05, 0) is 42.0 Å². The number of halogens is 7. The van der Waals surface area contributed by atoms with E-state index < -0.39 is 60.7 Å². The van der Waals surface area contributed by atoms with E-state index in [1.165, 1.54) is 24.3 Å². The molecule has 9 nitrogen and oxygen atoms in total. The van der Waals surface area contributed by atoms with Gasteiger partial charge >= 0.3 is 18.0 Å². The Balaban J connectivity index is 1.93.